The van der Waals surface area contributed by atoms with Crippen molar-refractivity contribution in [2.45, 2.75) is 25.5 Å². The van der Waals surface area contributed by atoms with Gasteiger partial charge in [0.2, 0.25) is 5.88 Å². The minimum atomic E-state index is -0.688. The summed E-state index contributed by atoms with van der Waals surface area (Å²) in [5.74, 6) is 0.894. The fraction of sp³-hybridized carbons (Fsp3) is 0.389. The predicted octanol–water partition coefficient (Wildman–Crippen LogP) is 2.19. The Bertz CT molecular complexity index is 721. The lowest BCUT2D eigenvalue weighted by atomic mass is 10.2. The molecule has 2 unspecified atom stereocenters. The highest BCUT2D eigenvalue weighted by atomic mass is 35.5. The van der Waals surface area contributed by atoms with E-state index in [9.17, 15) is 5.11 Å². The minimum absolute atomic E-state index is 0.106. The van der Waals surface area contributed by atoms with Gasteiger partial charge in [-0.3, -0.25) is 0 Å². The first-order chi connectivity index (χ1) is 12.6. The molecule has 26 heavy (non-hydrogen) atoms. The van der Waals surface area contributed by atoms with Crippen LogP contribution < -0.4 is 14.8 Å². The van der Waals surface area contributed by atoms with Gasteiger partial charge in [-0.25, -0.2) is 0 Å². The molecule has 2 N–H and O–H groups in total. The summed E-state index contributed by atoms with van der Waals surface area (Å²) < 4.78 is 11.0. The van der Waals surface area contributed by atoms with E-state index < -0.39 is 6.10 Å². The summed E-state index contributed by atoms with van der Waals surface area (Å²) in [7, 11) is 0. The molecular weight excluding hydrogens is 356 g/mol. The molecule has 0 aliphatic rings. The highest BCUT2D eigenvalue weighted by Gasteiger charge is 2.10. The van der Waals surface area contributed by atoms with E-state index in [1.807, 2.05) is 6.92 Å². The number of aromatic nitrogens is 2. The molecule has 0 bridgehead atoms. The fourth-order valence-corrected chi connectivity index (χ4v) is 2.19. The first-order valence-corrected chi connectivity index (χ1v) is 8.61. The third-order valence-electron chi connectivity index (χ3n) is 3.55. The zero-order valence-corrected chi connectivity index (χ0v) is 15.2. The van der Waals surface area contributed by atoms with Crippen LogP contribution in [0.5, 0.6) is 11.6 Å². The van der Waals surface area contributed by atoms with Gasteiger partial charge in [0.05, 0.1) is 12.2 Å². The first kappa shape index (κ1) is 19.9. The van der Waals surface area contributed by atoms with E-state index in [-0.39, 0.29) is 12.6 Å². The average Bonchev–Trinajstić information content (AvgIpc) is 2.66. The third kappa shape index (κ3) is 6.84. The Morgan fingerprint density at radius 3 is 2.77 bits per heavy atom. The van der Waals surface area contributed by atoms with Gasteiger partial charge in [-0.2, -0.15) is 5.26 Å². The Labute approximate surface area is 157 Å². The maximum absolute atomic E-state index is 10.0. The van der Waals surface area contributed by atoms with Gasteiger partial charge in [-0.05, 0) is 31.5 Å². The van der Waals surface area contributed by atoms with Crippen LogP contribution in [-0.2, 0) is 0 Å². The number of para-hydroxylation sites is 1. The third-order valence-corrected chi connectivity index (χ3v) is 3.75. The highest BCUT2D eigenvalue weighted by molar-refractivity contribution is 6.29. The summed E-state index contributed by atoms with van der Waals surface area (Å²) in [6, 6.07) is 12.4. The van der Waals surface area contributed by atoms with Gasteiger partial charge >= 0.3 is 0 Å². The van der Waals surface area contributed by atoms with Gasteiger partial charge in [0.1, 0.15) is 24.5 Å². The molecule has 0 spiro atoms. The number of nitrogens with one attached hydrogen (secondary N) is 1. The van der Waals surface area contributed by atoms with Crippen molar-refractivity contribution in [2.24, 2.45) is 0 Å². The monoisotopic (exact) mass is 376 g/mol. The zero-order valence-electron chi connectivity index (χ0n) is 14.4. The molecule has 7 nitrogen and oxygen atoms in total. The second kappa shape index (κ2) is 10.6. The average molecular weight is 377 g/mol. The molecule has 0 saturated carbocycles. The Hall–Kier alpha value is -2.40. The summed E-state index contributed by atoms with van der Waals surface area (Å²) in [5.41, 5.74) is 0.448. The minimum Gasteiger partial charge on any atom is -0.489 e. The molecule has 0 saturated heterocycles. The van der Waals surface area contributed by atoms with Crippen molar-refractivity contribution in [3.8, 4) is 17.7 Å². The second-order valence-corrected chi connectivity index (χ2v) is 6.10. The van der Waals surface area contributed by atoms with Gasteiger partial charge in [0.15, 0.2) is 5.15 Å². The van der Waals surface area contributed by atoms with Gasteiger partial charge in [-0.1, -0.05) is 23.7 Å². The van der Waals surface area contributed by atoms with E-state index in [0.29, 0.717) is 35.5 Å². The number of hydrogen-bond acceptors (Lipinski definition) is 7. The molecular formula is C18H21ClN4O3. The van der Waals surface area contributed by atoms with E-state index in [4.69, 9.17) is 26.3 Å². The van der Waals surface area contributed by atoms with Gasteiger partial charge in [-0.15, -0.1) is 10.2 Å². The maximum Gasteiger partial charge on any atom is 0.233 e. The van der Waals surface area contributed by atoms with Crippen LogP contribution in [0.2, 0.25) is 5.15 Å². The lowest BCUT2D eigenvalue weighted by molar-refractivity contribution is 0.103. The van der Waals surface area contributed by atoms with Gasteiger partial charge in [0.25, 0.3) is 0 Å². The van der Waals surface area contributed by atoms with E-state index in [0.717, 1.165) is 6.42 Å². The predicted molar refractivity (Wildman–Crippen MR) is 97.3 cm³/mol. The van der Waals surface area contributed by atoms with Crippen molar-refractivity contribution in [1.82, 2.24) is 15.5 Å². The number of nitriles is 1. The Kier molecular flexibility index (Phi) is 8.09. The molecule has 0 radical (unpaired) electrons. The van der Waals surface area contributed by atoms with Crippen molar-refractivity contribution in [3.63, 3.8) is 0 Å². The fourth-order valence-electron chi connectivity index (χ4n) is 2.09. The standard InChI is InChI=1S/C18H21ClN4O3/c1-13(8-9-25-18-7-6-17(19)22-23-18)21-11-15(24)12-26-16-5-3-2-4-14(16)10-20/h2-7,13,15,21,24H,8-9,11-12H2,1H3. The van der Waals surface area contributed by atoms with E-state index >= 15 is 0 Å². The molecule has 2 aromatic rings. The molecule has 2 rings (SSSR count). The second-order valence-electron chi connectivity index (χ2n) is 5.71. The van der Waals surface area contributed by atoms with Crippen LogP contribution in [0.4, 0.5) is 0 Å². The summed E-state index contributed by atoms with van der Waals surface area (Å²) in [5, 5.41) is 30.1. The number of ether oxygens (including phenoxy) is 2. The van der Waals surface area contributed by atoms with Crippen LogP contribution in [0.15, 0.2) is 36.4 Å². The van der Waals surface area contributed by atoms with Gasteiger partial charge < -0.3 is 19.9 Å². The van der Waals surface area contributed by atoms with E-state index in [1.54, 1.807) is 36.4 Å². The summed E-state index contributed by atoms with van der Waals surface area (Å²) in [6.45, 7) is 2.94. The number of benzene rings is 1. The topological polar surface area (TPSA) is 100 Å². The quantitative estimate of drug-likeness (QED) is 0.655. The normalized spacial score (nSPS) is 12.8. The lowest BCUT2D eigenvalue weighted by Gasteiger charge is -2.18. The first-order valence-electron chi connectivity index (χ1n) is 8.24. The zero-order chi connectivity index (χ0) is 18.8. The van der Waals surface area contributed by atoms with E-state index in [2.05, 4.69) is 21.6 Å². The molecule has 138 valence electrons. The molecule has 0 fully saturated rings. The molecule has 1 aromatic heterocycles. The van der Waals surface area contributed by atoms with Crippen LogP contribution >= 0.6 is 11.6 Å². The molecule has 2 atom stereocenters. The number of aliphatic hydroxyl groups excluding tert-OH is 1. The number of rotatable bonds is 10. The summed E-state index contributed by atoms with van der Waals surface area (Å²) in [4.78, 5) is 0. The smallest absolute Gasteiger partial charge is 0.233 e. The van der Waals surface area contributed by atoms with Crippen LogP contribution in [0.3, 0.4) is 0 Å². The van der Waals surface area contributed by atoms with Crippen molar-refractivity contribution >= 4 is 11.6 Å². The Balaban J connectivity index is 1.63. The maximum atomic E-state index is 10.0. The van der Waals surface area contributed by atoms with Crippen LogP contribution in [-0.4, -0.2) is 47.2 Å². The number of halogens is 1. The molecule has 0 amide bonds. The largest absolute Gasteiger partial charge is 0.489 e. The summed E-state index contributed by atoms with van der Waals surface area (Å²) >= 11 is 5.66. The van der Waals surface area contributed by atoms with Crippen molar-refractivity contribution in [1.29, 1.82) is 5.26 Å². The molecule has 8 heteroatoms. The number of nitrogens with zero attached hydrogens (tertiary/aromatic N) is 3. The van der Waals surface area contributed by atoms with Crippen LogP contribution in [0, 0.1) is 11.3 Å². The number of aliphatic hydroxyl groups is 1. The Morgan fingerprint density at radius 2 is 2.04 bits per heavy atom. The lowest BCUT2D eigenvalue weighted by Crippen LogP contribution is -2.37. The molecule has 0 aliphatic heterocycles. The van der Waals surface area contributed by atoms with Crippen molar-refractivity contribution < 1.29 is 14.6 Å². The SMILES string of the molecule is CC(CCOc1ccc(Cl)nn1)NCC(O)COc1ccccc1C#N. The van der Waals surface area contributed by atoms with E-state index in [1.165, 1.54) is 0 Å². The van der Waals surface area contributed by atoms with Crippen molar-refractivity contribution in [2.75, 3.05) is 19.8 Å². The van der Waals surface area contributed by atoms with Crippen LogP contribution in [0.25, 0.3) is 0 Å². The van der Waals surface area contributed by atoms with Gasteiger partial charge in [0, 0.05) is 18.7 Å². The van der Waals surface area contributed by atoms with Crippen LogP contribution in [0.1, 0.15) is 18.9 Å². The molecule has 1 aromatic carbocycles. The number of hydrogen-bond donors (Lipinski definition) is 2. The highest BCUT2D eigenvalue weighted by Crippen LogP contribution is 2.16. The van der Waals surface area contributed by atoms with Crippen molar-refractivity contribution in [3.05, 3.63) is 47.1 Å². The molecule has 0 aliphatic carbocycles. The Morgan fingerprint density at radius 1 is 1.23 bits per heavy atom. The summed E-state index contributed by atoms with van der Waals surface area (Å²) in [6.07, 6.45) is 0.0436. The molecule has 1 heterocycles.